The quantitative estimate of drug-likeness (QED) is 0.317. The summed E-state index contributed by atoms with van der Waals surface area (Å²) in [5.41, 5.74) is 3.86. The fraction of sp³-hybridized carbons (Fsp3) is 0.457. The van der Waals surface area contributed by atoms with Crippen molar-refractivity contribution in [1.29, 1.82) is 0 Å². The Bertz CT molecular complexity index is 1310. The van der Waals surface area contributed by atoms with Crippen LogP contribution in [0.25, 0.3) is 0 Å². The lowest BCUT2D eigenvalue weighted by atomic mass is 9.81. The molecule has 1 heterocycles. The highest BCUT2D eigenvalue weighted by molar-refractivity contribution is 6.07. The van der Waals surface area contributed by atoms with E-state index in [9.17, 15) is 4.79 Å². The zero-order valence-electron chi connectivity index (χ0n) is 24.4. The van der Waals surface area contributed by atoms with Crippen molar-refractivity contribution in [1.82, 2.24) is 9.80 Å². The molecule has 2 atom stereocenters. The van der Waals surface area contributed by atoms with Gasteiger partial charge in [-0.25, -0.2) is 0 Å². The number of Topliss-reactive ketones (excluding diaryl/α,β-unsaturated/α-hetero) is 1. The first-order valence-electron chi connectivity index (χ1n) is 15.2. The Hall–Kier alpha value is -3.35. The summed E-state index contributed by atoms with van der Waals surface area (Å²) in [6, 6.07) is 22.8. The highest BCUT2D eigenvalue weighted by Gasteiger charge is 2.41. The lowest BCUT2D eigenvalue weighted by molar-refractivity contribution is 0.0718. The second-order valence-corrected chi connectivity index (χ2v) is 11.6. The van der Waals surface area contributed by atoms with Gasteiger partial charge in [0.25, 0.3) is 0 Å². The number of carbonyl (C=O) groups excluding carboxylic acids is 1. The summed E-state index contributed by atoms with van der Waals surface area (Å²) in [5, 5.41) is 0. The molecule has 2 fully saturated rings. The minimum Gasteiger partial charge on any atom is -0.497 e. The van der Waals surface area contributed by atoms with Gasteiger partial charge in [0.2, 0.25) is 0 Å². The van der Waals surface area contributed by atoms with Crippen molar-refractivity contribution in [2.75, 3.05) is 53.6 Å². The summed E-state index contributed by atoms with van der Waals surface area (Å²) in [6.07, 6.45) is 6.98. The molecular formula is C35H42N2O4. The summed E-state index contributed by atoms with van der Waals surface area (Å²) in [6.45, 7) is 6.25. The van der Waals surface area contributed by atoms with Gasteiger partial charge in [-0.05, 0) is 72.0 Å². The van der Waals surface area contributed by atoms with Crippen LogP contribution in [0.15, 0.2) is 66.7 Å². The predicted octanol–water partition coefficient (Wildman–Crippen LogP) is 6.14. The van der Waals surface area contributed by atoms with Crippen LogP contribution in [-0.2, 0) is 0 Å². The number of benzene rings is 3. The van der Waals surface area contributed by atoms with Gasteiger partial charge in [0.1, 0.15) is 23.9 Å². The number of ketones is 1. The smallest absolute Gasteiger partial charge is 0.171 e. The first-order chi connectivity index (χ1) is 20.1. The van der Waals surface area contributed by atoms with Crippen LogP contribution in [0.4, 0.5) is 0 Å². The molecule has 3 aromatic carbocycles. The lowest BCUT2D eigenvalue weighted by Gasteiger charge is -2.40. The minimum atomic E-state index is -0.304. The molecule has 0 radical (unpaired) electrons. The van der Waals surface area contributed by atoms with E-state index in [1.807, 2.05) is 54.6 Å². The molecule has 6 nitrogen and oxygen atoms in total. The molecule has 0 amide bonds. The maximum absolute atomic E-state index is 13.7. The summed E-state index contributed by atoms with van der Waals surface area (Å²) in [4.78, 5) is 18.9. The second-order valence-electron chi connectivity index (χ2n) is 11.6. The number of piperazine rings is 1. The third kappa shape index (κ3) is 6.00. The van der Waals surface area contributed by atoms with Crippen molar-refractivity contribution in [3.8, 4) is 17.2 Å². The van der Waals surface area contributed by atoms with Gasteiger partial charge in [-0.2, -0.15) is 0 Å². The summed E-state index contributed by atoms with van der Waals surface area (Å²) in [7, 11) is 3.32. The third-order valence-electron chi connectivity index (χ3n) is 9.36. The SMILES string of the molecule is COc1ccc(C2C(=O)c3ccc(OC)cc3C2c2ccc(OCCN3CCN(C4CCCCC4)CC3)cc2)cc1. The number of rotatable bonds is 9. The molecule has 6 heteroatoms. The van der Waals surface area contributed by atoms with Crippen LogP contribution >= 0.6 is 0 Å². The molecule has 3 aromatic rings. The number of hydrogen-bond donors (Lipinski definition) is 0. The van der Waals surface area contributed by atoms with Gasteiger partial charge < -0.3 is 14.2 Å². The molecule has 3 aliphatic rings. The number of ether oxygens (including phenoxy) is 3. The second kappa shape index (κ2) is 12.7. The zero-order chi connectivity index (χ0) is 28.2. The van der Waals surface area contributed by atoms with E-state index < -0.39 is 0 Å². The minimum absolute atomic E-state index is 0.101. The molecule has 6 rings (SSSR count). The van der Waals surface area contributed by atoms with Crippen molar-refractivity contribution in [2.45, 2.75) is 50.0 Å². The van der Waals surface area contributed by atoms with Gasteiger partial charge in [-0.3, -0.25) is 14.6 Å². The molecule has 216 valence electrons. The molecule has 2 aliphatic carbocycles. The number of hydrogen-bond acceptors (Lipinski definition) is 6. The Labute approximate surface area is 244 Å². The molecule has 1 saturated carbocycles. The molecule has 0 N–H and O–H groups in total. The Morgan fingerprint density at radius 1 is 0.707 bits per heavy atom. The Kier molecular flexibility index (Phi) is 8.59. The summed E-state index contributed by atoms with van der Waals surface area (Å²) >= 11 is 0. The molecule has 0 spiro atoms. The molecule has 0 aromatic heterocycles. The van der Waals surface area contributed by atoms with E-state index in [-0.39, 0.29) is 17.6 Å². The Morgan fingerprint density at radius 2 is 1.32 bits per heavy atom. The van der Waals surface area contributed by atoms with Crippen molar-refractivity contribution >= 4 is 5.78 Å². The van der Waals surface area contributed by atoms with Crippen molar-refractivity contribution in [3.63, 3.8) is 0 Å². The van der Waals surface area contributed by atoms with Gasteiger partial charge in [0.15, 0.2) is 5.78 Å². The molecule has 1 saturated heterocycles. The highest BCUT2D eigenvalue weighted by atomic mass is 16.5. The van der Waals surface area contributed by atoms with Crippen LogP contribution in [0, 0.1) is 0 Å². The van der Waals surface area contributed by atoms with E-state index in [0.717, 1.165) is 65.2 Å². The van der Waals surface area contributed by atoms with Crippen molar-refractivity contribution < 1.29 is 19.0 Å². The molecule has 2 unspecified atom stereocenters. The number of nitrogens with zero attached hydrogens (tertiary/aromatic N) is 2. The average Bonchev–Trinajstić information content (AvgIpc) is 3.33. The fourth-order valence-electron chi connectivity index (χ4n) is 7.04. The maximum atomic E-state index is 13.7. The highest BCUT2D eigenvalue weighted by Crippen LogP contribution is 2.49. The van der Waals surface area contributed by atoms with E-state index in [2.05, 4.69) is 21.9 Å². The van der Waals surface area contributed by atoms with Crippen LogP contribution in [0.2, 0.25) is 0 Å². The van der Waals surface area contributed by atoms with Gasteiger partial charge in [-0.15, -0.1) is 0 Å². The zero-order valence-corrected chi connectivity index (χ0v) is 24.4. The molecular weight excluding hydrogens is 512 g/mol. The van der Waals surface area contributed by atoms with E-state index >= 15 is 0 Å². The van der Waals surface area contributed by atoms with E-state index in [0.29, 0.717) is 6.61 Å². The molecule has 0 bridgehead atoms. The standard InChI is InChI=1S/C35H42N2O4/c1-39-28-12-8-26(9-13-28)34-33(32-24-30(40-2)16-17-31(32)35(34)38)25-10-14-29(15-11-25)41-23-22-36-18-20-37(21-19-36)27-6-4-3-5-7-27/h8-17,24,27,33-34H,3-7,18-23H2,1-2H3. The predicted molar refractivity (Wildman–Crippen MR) is 162 cm³/mol. The van der Waals surface area contributed by atoms with Crippen molar-refractivity contribution in [3.05, 3.63) is 89.0 Å². The van der Waals surface area contributed by atoms with E-state index in [1.165, 1.54) is 45.2 Å². The number of methoxy groups -OCH3 is 2. The van der Waals surface area contributed by atoms with E-state index in [4.69, 9.17) is 14.2 Å². The summed E-state index contributed by atoms with van der Waals surface area (Å²) < 4.78 is 17.1. The molecule has 1 aliphatic heterocycles. The monoisotopic (exact) mass is 554 g/mol. The topological polar surface area (TPSA) is 51.2 Å². The van der Waals surface area contributed by atoms with Crippen LogP contribution < -0.4 is 14.2 Å². The van der Waals surface area contributed by atoms with Crippen LogP contribution in [-0.4, -0.2) is 75.2 Å². The van der Waals surface area contributed by atoms with Gasteiger partial charge in [-0.1, -0.05) is 43.5 Å². The first kappa shape index (κ1) is 27.8. The van der Waals surface area contributed by atoms with E-state index in [1.54, 1.807) is 14.2 Å². The van der Waals surface area contributed by atoms with Gasteiger partial charge >= 0.3 is 0 Å². The largest absolute Gasteiger partial charge is 0.497 e. The van der Waals surface area contributed by atoms with Crippen molar-refractivity contribution in [2.24, 2.45) is 0 Å². The van der Waals surface area contributed by atoms with Crippen LogP contribution in [0.1, 0.15) is 71.0 Å². The lowest BCUT2D eigenvalue weighted by Crippen LogP contribution is -2.51. The first-order valence-corrected chi connectivity index (χ1v) is 15.2. The third-order valence-corrected chi connectivity index (χ3v) is 9.36. The van der Waals surface area contributed by atoms with Crippen LogP contribution in [0.3, 0.4) is 0 Å². The number of fused-ring (bicyclic) bond motifs is 1. The Balaban J connectivity index is 1.11. The fourth-order valence-corrected chi connectivity index (χ4v) is 7.04. The normalized spacial score (nSPS) is 22.0. The molecule has 41 heavy (non-hydrogen) atoms. The maximum Gasteiger partial charge on any atom is 0.171 e. The van der Waals surface area contributed by atoms with Gasteiger partial charge in [0, 0.05) is 50.2 Å². The average molecular weight is 555 g/mol. The summed E-state index contributed by atoms with van der Waals surface area (Å²) in [5.74, 6) is 2.14. The van der Waals surface area contributed by atoms with Gasteiger partial charge in [0.05, 0.1) is 20.1 Å². The Morgan fingerprint density at radius 3 is 1.98 bits per heavy atom. The number of carbonyl (C=O) groups is 1. The van der Waals surface area contributed by atoms with Crippen LogP contribution in [0.5, 0.6) is 17.2 Å².